The Balaban J connectivity index is 1.85. The number of rotatable bonds is 6. The van der Waals surface area contributed by atoms with E-state index in [0.717, 1.165) is 18.0 Å². The van der Waals surface area contributed by atoms with E-state index in [4.69, 9.17) is 0 Å². The molecule has 17 heavy (non-hydrogen) atoms. The van der Waals surface area contributed by atoms with Crippen LogP contribution in [0.4, 0.5) is 0 Å². The highest BCUT2D eigenvalue weighted by Crippen LogP contribution is 2.29. The molecule has 2 nitrogen and oxygen atoms in total. The molecular formula is C15H30N2. The van der Waals surface area contributed by atoms with Crippen LogP contribution in [0.3, 0.4) is 0 Å². The highest BCUT2D eigenvalue weighted by Gasteiger charge is 2.29. The molecule has 0 aromatic rings. The van der Waals surface area contributed by atoms with Gasteiger partial charge >= 0.3 is 0 Å². The molecule has 1 saturated carbocycles. The van der Waals surface area contributed by atoms with Gasteiger partial charge in [-0.25, -0.2) is 0 Å². The second-order valence-electron chi connectivity index (χ2n) is 6.09. The van der Waals surface area contributed by atoms with Crippen molar-refractivity contribution in [2.45, 2.75) is 70.9 Å². The Labute approximate surface area is 107 Å². The third-order valence-electron chi connectivity index (χ3n) is 4.75. The van der Waals surface area contributed by atoms with Crippen molar-refractivity contribution in [3.05, 3.63) is 0 Å². The first-order valence-corrected chi connectivity index (χ1v) is 7.78. The van der Waals surface area contributed by atoms with Gasteiger partial charge in [0.1, 0.15) is 0 Å². The predicted octanol–water partition coefficient (Wildman–Crippen LogP) is 3.03. The minimum Gasteiger partial charge on any atom is -0.312 e. The monoisotopic (exact) mass is 238 g/mol. The lowest BCUT2D eigenvalue weighted by atomic mass is 9.97. The third-order valence-corrected chi connectivity index (χ3v) is 4.75. The van der Waals surface area contributed by atoms with Gasteiger partial charge in [-0.1, -0.05) is 19.8 Å². The molecule has 0 aromatic heterocycles. The molecule has 0 radical (unpaired) electrons. The van der Waals surface area contributed by atoms with Crippen LogP contribution < -0.4 is 5.32 Å². The summed E-state index contributed by atoms with van der Waals surface area (Å²) in [6.07, 6.45) is 9.93. The number of likely N-dealkylation sites (tertiary alicyclic amines) is 1. The lowest BCUT2D eigenvalue weighted by molar-refractivity contribution is 0.203. The molecule has 1 aliphatic heterocycles. The number of nitrogens with zero attached hydrogens (tertiary/aromatic N) is 1. The van der Waals surface area contributed by atoms with Crippen molar-refractivity contribution in [2.24, 2.45) is 5.92 Å². The topological polar surface area (TPSA) is 15.3 Å². The number of nitrogens with one attached hydrogen (secondary N) is 1. The van der Waals surface area contributed by atoms with Gasteiger partial charge in [-0.3, -0.25) is 4.90 Å². The van der Waals surface area contributed by atoms with Gasteiger partial charge in [-0.15, -0.1) is 0 Å². The van der Waals surface area contributed by atoms with E-state index in [1.54, 1.807) is 0 Å². The highest BCUT2D eigenvalue weighted by molar-refractivity contribution is 4.86. The molecule has 0 amide bonds. The number of hydrogen-bond acceptors (Lipinski definition) is 2. The fourth-order valence-corrected chi connectivity index (χ4v) is 3.59. The van der Waals surface area contributed by atoms with Crippen molar-refractivity contribution in [1.29, 1.82) is 0 Å². The van der Waals surface area contributed by atoms with E-state index in [1.165, 1.54) is 64.6 Å². The normalized spacial score (nSPS) is 28.9. The summed E-state index contributed by atoms with van der Waals surface area (Å²) in [5, 5.41) is 3.82. The average molecular weight is 238 g/mol. The molecule has 2 heteroatoms. The summed E-state index contributed by atoms with van der Waals surface area (Å²) in [5.74, 6) is 0.953. The predicted molar refractivity (Wildman–Crippen MR) is 74.3 cm³/mol. The minimum atomic E-state index is 0.762. The van der Waals surface area contributed by atoms with Gasteiger partial charge in [0.25, 0.3) is 0 Å². The minimum absolute atomic E-state index is 0.762. The van der Waals surface area contributed by atoms with Gasteiger partial charge in [0.15, 0.2) is 0 Å². The van der Waals surface area contributed by atoms with Crippen LogP contribution in [0, 0.1) is 5.92 Å². The second-order valence-corrected chi connectivity index (χ2v) is 6.09. The summed E-state index contributed by atoms with van der Waals surface area (Å²) in [4.78, 5) is 2.71. The summed E-state index contributed by atoms with van der Waals surface area (Å²) in [6, 6.07) is 1.58. The van der Waals surface area contributed by atoms with Crippen molar-refractivity contribution in [3.63, 3.8) is 0 Å². The fourth-order valence-electron chi connectivity index (χ4n) is 3.59. The largest absolute Gasteiger partial charge is 0.312 e. The quantitative estimate of drug-likeness (QED) is 0.765. The first kappa shape index (κ1) is 13.4. The average Bonchev–Trinajstić information content (AvgIpc) is 2.96. The van der Waals surface area contributed by atoms with E-state index in [0.29, 0.717) is 0 Å². The fraction of sp³-hybridized carbons (Fsp3) is 1.00. The molecule has 100 valence electrons. The van der Waals surface area contributed by atoms with Crippen molar-refractivity contribution in [3.8, 4) is 0 Å². The molecule has 1 saturated heterocycles. The molecular weight excluding hydrogens is 208 g/mol. The van der Waals surface area contributed by atoms with E-state index in [-0.39, 0.29) is 0 Å². The first-order valence-electron chi connectivity index (χ1n) is 7.78. The maximum atomic E-state index is 3.82. The van der Waals surface area contributed by atoms with Crippen LogP contribution in [0.25, 0.3) is 0 Å². The van der Waals surface area contributed by atoms with Crippen LogP contribution in [0.15, 0.2) is 0 Å². The maximum Gasteiger partial charge on any atom is 0.0223 e. The molecule has 2 unspecified atom stereocenters. The van der Waals surface area contributed by atoms with Crippen LogP contribution in [-0.2, 0) is 0 Å². The molecule has 0 spiro atoms. The zero-order chi connectivity index (χ0) is 12.1. The second kappa shape index (κ2) is 6.75. The Morgan fingerprint density at radius 3 is 2.53 bits per heavy atom. The van der Waals surface area contributed by atoms with Gasteiger partial charge in [0.05, 0.1) is 0 Å². The van der Waals surface area contributed by atoms with Gasteiger partial charge in [0.2, 0.25) is 0 Å². The summed E-state index contributed by atoms with van der Waals surface area (Å²) in [7, 11) is 0. The van der Waals surface area contributed by atoms with Crippen LogP contribution in [0.5, 0.6) is 0 Å². The van der Waals surface area contributed by atoms with Crippen LogP contribution in [0.2, 0.25) is 0 Å². The van der Waals surface area contributed by atoms with Gasteiger partial charge < -0.3 is 5.32 Å². The van der Waals surface area contributed by atoms with Crippen LogP contribution in [-0.4, -0.2) is 36.6 Å². The summed E-state index contributed by atoms with van der Waals surface area (Å²) >= 11 is 0. The zero-order valence-electron chi connectivity index (χ0n) is 11.8. The summed E-state index contributed by atoms with van der Waals surface area (Å²) < 4.78 is 0. The Bertz CT molecular complexity index is 211. The Kier molecular flexibility index (Phi) is 5.30. The van der Waals surface area contributed by atoms with E-state index < -0.39 is 0 Å². The summed E-state index contributed by atoms with van der Waals surface area (Å²) in [5.41, 5.74) is 0. The van der Waals surface area contributed by atoms with E-state index in [9.17, 15) is 0 Å². The molecule has 0 aromatic carbocycles. The van der Waals surface area contributed by atoms with Gasteiger partial charge in [-0.05, 0) is 58.0 Å². The molecule has 0 bridgehead atoms. The SMILES string of the molecule is CCCNC(CN1CCCC1C)C1CCCC1. The molecule has 1 N–H and O–H groups in total. The highest BCUT2D eigenvalue weighted by atomic mass is 15.2. The van der Waals surface area contributed by atoms with Crippen molar-refractivity contribution >= 4 is 0 Å². The van der Waals surface area contributed by atoms with Crippen molar-refractivity contribution in [1.82, 2.24) is 10.2 Å². The van der Waals surface area contributed by atoms with Gasteiger partial charge in [-0.2, -0.15) is 0 Å². The third kappa shape index (κ3) is 3.69. The van der Waals surface area contributed by atoms with E-state index in [2.05, 4.69) is 24.1 Å². The smallest absolute Gasteiger partial charge is 0.0223 e. The molecule has 1 aliphatic carbocycles. The van der Waals surface area contributed by atoms with Crippen molar-refractivity contribution in [2.75, 3.05) is 19.6 Å². The Morgan fingerprint density at radius 2 is 1.94 bits per heavy atom. The lowest BCUT2D eigenvalue weighted by Gasteiger charge is -2.31. The molecule has 1 heterocycles. The summed E-state index contributed by atoms with van der Waals surface area (Å²) in [6.45, 7) is 8.50. The van der Waals surface area contributed by atoms with E-state index >= 15 is 0 Å². The van der Waals surface area contributed by atoms with E-state index in [1.807, 2.05) is 0 Å². The van der Waals surface area contributed by atoms with Crippen LogP contribution >= 0.6 is 0 Å². The molecule has 2 fully saturated rings. The molecule has 2 aliphatic rings. The maximum absolute atomic E-state index is 3.82. The Morgan fingerprint density at radius 1 is 1.18 bits per heavy atom. The first-order chi connectivity index (χ1) is 8.31. The lowest BCUT2D eigenvalue weighted by Crippen LogP contribution is -2.46. The Hall–Kier alpha value is -0.0800. The van der Waals surface area contributed by atoms with Crippen LogP contribution in [0.1, 0.15) is 58.8 Å². The van der Waals surface area contributed by atoms with Gasteiger partial charge in [0, 0.05) is 18.6 Å². The standard InChI is InChI=1S/C15H30N2/c1-3-10-16-15(14-8-4-5-9-14)12-17-11-6-7-13(17)2/h13-16H,3-12H2,1-2H3. The van der Waals surface area contributed by atoms with Crippen molar-refractivity contribution < 1.29 is 0 Å². The molecule has 2 atom stereocenters. The zero-order valence-corrected chi connectivity index (χ0v) is 11.8. The number of hydrogen-bond donors (Lipinski definition) is 1. The molecule has 2 rings (SSSR count).